The number of hydrogen-bond acceptors (Lipinski definition) is 2. The molecule has 0 spiro atoms. The number of hydrogen-bond donors (Lipinski definition) is 1. The van der Waals surface area contributed by atoms with Gasteiger partial charge >= 0.3 is 0 Å². The van der Waals surface area contributed by atoms with Crippen LogP contribution >= 0.6 is 15.9 Å². The third-order valence-electron chi connectivity index (χ3n) is 3.11. The van der Waals surface area contributed by atoms with Crippen LogP contribution in [0.4, 0.5) is 5.69 Å². The van der Waals surface area contributed by atoms with E-state index >= 15 is 0 Å². The van der Waals surface area contributed by atoms with Gasteiger partial charge in [-0.3, -0.25) is 0 Å². The summed E-state index contributed by atoms with van der Waals surface area (Å²) in [6.45, 7) is 5.57. The molecule has 88 valence electrons. The third-order valence-corrected chi connectivity index (χ3v) is 3.63. The van der Waals surface area contributed by atoms with Crippen LogP contribution in [0.1, 0.15) is 19.8 Å². The van der Waals surface area contributed by atoms with Crippen LogP contribution in [-0.4, -0.2) is 25.7 Å². The molecule has 1 aromatic rings. The summed E-state index contributed by atoms with van der Waals surface area (Å²) in [6.07, 6.45) is 2.59. The van der Waals surface area contributed by atoms with E-state index in [-0.39, 0.29) is 0 Å². The predicted molar refractivity (Wildman–Crippen MR) is 73.1 cm³/mol. The molecule has 1 atom stereocenters. The van der Waals surface area contributed by atoms with Gasteiger partial charge in [0.1, 0.15) is 0 Å². The van der Waals surface area contributed by atoms with Crippen LogP contribution in [0, 0.1) is 0 Å². The standard InChI is InChI=1S/C13H19BrN2/c1-2-15-12-4-3-9-16(10-12)13-7-5-11(14)6-8-13/h5-8,12,15H,2-4,9-10H2,1H3. The number of halogens is 1. The maximum absolute atomic E-state index is 3.54. The zero-order chi connectivity index (χ0) is 11.4. The lowest BCUT2D eigenvalue weighted by Crippen LogP contribution is -2.45. The first-order valence-electron chi connectivity index (χ1n) is 6.03. The lowest BCUT2D eigenvalue weighted by Gasteiger charge is -2.34. The molecule has 1 saturated heterocycles. The number of rotatable bonds is 3. The van der Waals surface area contributed by atoms with E-state index < -0.39 is 0 Å². The average Bonchev–Trinajstić information content (AvgIpc) is 2.31. The highest BCUT2D eigenvalue weighted by Crippen LogP contribution is 2.22. The molecule has 0 amide bonds. The van der Waals surface area contributed by atoms with Gasteiger partial charge in [-0.2, -0.15) is 0 Å². The molecule has 1 aliphatic rings. The maximum Gasteiger partial charge on any atom is 0.0367 e. The first-order valence-corrected chi connectivity index (χ1v) is 6.83. The van der Waals surface area contributed by atoms with Crippen LogP contribution < -0.4 is 10.2 Å². The SMILES string of the molecule is CCNC1CCCN(c2ccc(Br)cc2)C1. The first-order chi connectivity index (χ1) is 7.79. The largest absolute Gasteiger partial charge is 0.370 e. The van der Waals surface area contributed by atoms with Crippen molar-refractivity contribution in [1.82, 2.24) is 5.32 Å². The Morgan fingerprint density at radius 2 is 2.12 bits per heavy atom. The van der Waals surface area contributed by atoms with E-state index in [0.29, 0.717) is 6.04 Å². The van der Waals surface area contributed by atoms with Crippen molar-refractivity contribution in [2.45, 2.75) is 25.8 Å². The van der Waals surface area contributed by atoms with Gasteiger partial charge in [0.2, 0.25) is 0 Å². The quantitative estimate of drug-likeness (QED) is 0.917. The van der Waals surface area contributed by atoms with Gasteiger partial charge in [-0.05, 0) is 43.7 Å². The normalized spacial score (nSPS) is 21.1. The Morgan fingerprint density at radius 3 is 2.81 bits per heavy atom. The molecule has 0 bridgehead atoms. The molecule has 1 unspecified atom stereocenters. The Labute approximate surface area is 106 Å². The first kappa shape index (κ1) is 11.9. The summed E-state index contributed by atoms with van der Waals surface area (Å²) in [5, 5.41) is 3.54. The van der Waals surface area contributed by atoms with Gasteiger partial charge in [-0.1, -0.05) is 22.9 Å². The summed E-state index contributed by atoms with van der Waals surface area (Å²) < 4.78 is 1.15. The summed E-state index contributed by atoms with van der Waals surface area (Å²) in [4.78, 5) is 2.48. The minimum Gasteiger partial charge on any atom is -0.370 e. The van der Waals surface area contributed by atoms with E-state index in [0.717, 1.165) is 17.6 Å². The molecule has 0 radical (unpaired) electrons. The summed E-state index contributed by atoms with van der Waals surface area (Å²) in [5.74, 6) is 0. The topological polar surface area (TPSA) is 15.3 Å². The Hall–Kier alpha value is -0.540. The summed E-state index contributed by atoms with van der Waals surface area (Å²) in [5.41, 5.74) is 1.34. The zero-order valence-electron chi connectivity index (χ0n) is 9.75. The van der Waals surface area contributed by atoms with Crippen molar-refractivity contribution < 1.29 is 0 Å². The fourth-order valence-corrected chi connectivity index (χ4v) is 2.58. The van der Waals surface area contributed by atoms with Gasteiger partial charge in [-0.15, -0.1) is 0 Å². The van der Waals surface area contributed by atoms with Crippen molar-refractivity contribution in [2.24, 2.45) is 0 Å². The van der Waals surface area contributed by atoms with Gasteiger partial charge in [0.05, 0.1) is 0 Å². The second-order valence-electron chi connectivity index (χ2n) is 4.32. The molecule has 1 aromatic carbocycles. The minimum absolute atomic E-state index is 0.655. The molecule has 1 fully saturated rings. The molecule has 0 aromatic heterocycles. The highest BCUT2D eigenvalue weighted by Gasteiger charge is 2.18. The Morgan fingerprint density at radius 1 is 1.38 bits per heavy atom. The smallest absolute Gasteiger partial charge is 0.0367 e. The second-order valence-corrected chi connectivity index (χ2v) is 5.23. The zero-order valence-corrected chi connectivity index (χ0v) is 11.3. The van der Waals surface area contributed by atoms with Crippen molar-refractivity contribution in [3.63, 3.8) is 0 Å². The molecule has 1 heterocycles. The van der Waals surface area contributed by atoms with Crippen LogP contribution in [0.25, 0.3) is 0 Å². The van der Waals surface area contributed by atoms with Crippen LogP contribution in [-0.2, 0) is 0 Å². The summed E-state index contributed by atoms with van der Waals surface area (Å²) in [6, 6.07) is 9.28. The van der Waals surface area contributed by atoms with E-state index in [1.165, 1.54) is 25.1 Å². The summed E-state index contributed by atoms with van der Waals surface area (Å²) >= 11 is 3.48. The van der Waals surface area contributed by atoms with Gasteiger partial charge in [-0.25, -0.2) is 0 Å². The van der Waals surface area contributed by atoms with E-state index in [4.69, 9.17) is 0 Å². The maximum atomic E-state index is 3.54. The van der Waals surface area contributed by atoms with Gasteiger partial charge in [0.15, 0.2) is 0 Å². The molecule has 1 N–H and O–H groups in total. The Kier molecular flexibility index (Phi) is 4.24. The summed E-state index contributed by atoms with van der Waals surface area (Å²) in [7, 11) is 0. The highest BCUT2D eigenvalue weighted by atomic mass is 79.9. The lowest BCUT2D eigenvalue weighted by atomic mass is 10.0. The molecule has 2 rings (SSSR count). The fraction of sp³-hybridized carbons (Fsp3) is 0.538. The van der Waals surface area contributed by atoms with Crippen LogP contribution in [0.3, 0.4) is 0 Å². The van der Waals surface area contributed by atoms with E-state index in [1.807, 2.05) is 0 Å². The third kappa shape index (κ3) is 2.98. The fourth-order valence-electron chi connectivity index (χ4n) is 2.32. The number of piperidine rings is 1. The second kappa shape index (κ2) is 5.69. The van der Waals surface area contributed by atoms with E-state index in [1.54, 1.807) is 0 Å². The van der Waals surface area contributed by atoms with Crippen molar-refractivity contribution in [3.8, 4) is 0 Å². The number of anilines is 1. The van der Waals surface area contributed by atoms with Crippen molar-refractivity contribution in [3.05, 3.63) is 28.7 Å². The van der Waals surface area contributed by atoms with E-state index in [2.05, 4.69) is 57.3 Å². The molecule has 16 heavy (non-hydrogen) atoms. The van der Waals surface area contributed by atoms with Gasteiger partial charge < -0.3 is 10.2 Å². The van der Waals surface area contributed by atoms with E-state index in [9.17, 15) is 0 Å². The van der Waals surface area contributed by atoms with Gasteiger partial charge in [0.25, 0.3) is 0 Å². The molecule has 0 saturated carbocycles. The Bertz CT molecular complexity index is 321. The minimum atomic E-state index is 0.655. The van der Waals surface area contributed by atoms with Crippen molar-refractivity contribution in [2.75, 3.05) is 24.5 Å². The van der Waals surface area contributed by atoms with Gasteiger partial charge in [0, 0.05) is 29.3 Å². The molecular formula is C13H19BrN2. The Balaban J connectivity index is 2.01. The monoisotopic (exact) mass is 282 g/mol. The van der Waals surface area contributed by atoms with Crippen molar-refractivity contribution >= 4 is 21.6 Å². The molecule has 2 nitrogen and oxygen atoms in total. The number of benzene rings is 1. The number of likely N-dealkylation sites (N-methyl/N-ethyl adjacent to an activating group) is 1. The average molecular weight is 283 g/mol. The van der Waals surface area contributed by atoms with Crippen LogP contribution in [0.15, 0.2) is 28.7 Å². The molecule has 3 heteroatoms. The van der Waals surface area contributed by atoms with Crippen LogP contribution in [0.2, 0.25) is 0 Å². The van der Waals surface area contributed by atoms with Crippen molar-refractivity contribution in [1.29, 1.82) is 0 Å². The van der Waals surface area contributed by atoms with Crippen LogP contribution in [0.5, 0.6) is 0 Å². The highest BCUT2D eigenvalue weighted by molar-refractivity contribution is 9.10. The molecular weight excluding hydrogens is 264 g/mol. The molecule has 1 aliphatic heterocycles. The number of nitrogens with zero attached hydrogens (tertiary/aromatic N) is 1. The molecule has 0 aliphatic carbocycles. The lowest BCUT2D eigenvalue weighted by molar-refractivity contribution is 0.431. The number of nitrogens with one attached hydrogen (secondary N) is 1. The predicted octanol–water partition coefficient (Wildman–Crippen LogP) is 3.03.